The van der Waals surface area contributed by atoms with Gasteiger partial charge in [-0.15, -0.1) is 0 Å². The molecule has 1 fully saturated rings. The fourth-order valence-electron chi connectivity index (χ4n) is 5.41. The average Bonchev–Trinajstić information content (AvgIpc) is 3.27. The number of hydrogen-bond acceptors (Lipinski definition) is 7. The van der Waals surface area contributed by atoms with Crippen molar-refractivity contribution in [2.24, 2.45) is 5.92 Å². The van der Waals surface area contributed by atoms with E-state index in [0.29, 0.717) is 6.54 Å². The van der Waals surface area contributed by atoms with Crippen LogP contribution in [0.4, 0.5) is 0 Å². The number of amides is 2. The molecule has 10 heteroatoms. The lowest BCUT2D eigenvalue weighted by Crippen LogP contribution is -2.57. The van der Waals surface area contributed by atoms with E-state index >= 15 is 0 Å². The monoisotopic (exact) mass is 641 g/mol. The topological polar surface area (TPSA) is 115 Å². The van der Waals surface area contributed by atoms with Crippen molar-refractivity contribution in [1.82, 2.24) is 16.0 Å². The number of methoxy groups -OCH3 is 1. The Morgan fingerprint density at radius 2 is 1.19 bits per heavy atom. The van der Waals surface area contributed by atoms with Crippen LogP contribution in [0.1, 0.15) is 58.2 Å². The van der Waals surface area contributed by atoms with Crippen LogP contribution in [0.3, 0.4) is 0 Å². The molecule has 1 aliphatic heterocycles. The van der Waals surface area contributed by atoms with Crippen molar-refractivity contribution in [3.05, 3.63) is 102 Å². The maximum absolute atomic E-state index is 13.7. The van der Waals surface area contributed by atoms with E-state index in [1.54, 1.807) is 0 Å². The maximum Gasteiger partial charge on any atom is 0.494 e. The Morgan fingerprint density at radius 1 is 0.702 bits per heavy atom. The largest absolute Gasteiger partial charge is 0.494 e. The average molecular weight is 642 g/mol. The normalized spacial score (nSPS) is 17.1. The van der Waals surface area contributed by atoms with Crippen molar-refractivity contribution < 1.29 is 28.4 Å². The van der Waals surface area contributed by atoms with Gasteiger partial charge >= 0.3 is 13.1 Å². The maximum atomic E-state index is 13.7. The third kappa shape index (κ3) is 9.53. The van der Waals surface area contributed by atoms with Crippen LogP contribution in [0.5, 0.6) is 0 Å². The Labute approximate surface area is 279 Å². The highest BCUT2D eigenvalue weighted by Crippen LogP contribution is 2.36. The van der Waals surface area contributed by atoms with E-state index in [1.165, 1.54) is 7.11 Å². The van der Waals surface area contributed by atoms with Crippen LogP contribution >= 0.6 is 0 Å². The first kappa shape index (κ1) is 35.9. The molecular formula is C37H48BN3O6. The molecule has 3 N–H and O–H groups in total. The van der Waals surface area contributed by atoms with Crippen molar-refractivity contribution >= 4 is 30.4 Å². The number of nitrogens with one attached hydrogen (secondary N) is 3. The van der Waals surface area contributed by atoms with Gasteiger partial charge in [0.1, 0.15) is 12.1 Å². The van der Waals surface area contributed by atoms with Gasteiger partial charge in [-0.1, -0.05) is 98.8 Å². The Kier molecular flexibility index (Phi) is 12.0. The minimum absolute atomic E-state index is 0.0691. The minimum atomic E-state index is -0.921. The van der Waals surface area contributed by atoms with Crippen LogP contribution in [0.25, 0.3) is 0 Å². The molecular weight excluding hydrogens is 593 g/mol. The fraction of sp³-hybridized carbons (Fsp3) is 0.432. The van der Waals surface area contributed by atoms with E-state index in [9.17, 15) is 14.4 Å². The summed E-state index contributed by atoms with van der Waals surface area (Å²) in [5.74, 6) is -1.39. The summed E-state index contributed by atoms with van der Waals surface area (Å²) >= 11 is 0. The molecule has 0 aromatic heterocycles. The standard InChI is InChI=1S/C37H48BN3O6/c1-25(2)32(39-24-28-18-20-29(21-19-28)38-46-36(3,4)37(5,6)47-38)34(43)40-30(22-26-14-10-8-11-15-26)33(42)41-31(35(44)45-7)23-27-16-12-9-13-17-27/h8-21,25,30-32,39H,22-24H2,1-7H3,(H,40,43)(H,41,42)/t30-,31-,32-/m0/s1. The number of hydrogen-bond donors (Lipinski definition) is 3. The van der Waals surface area contributed by atoms with Crippen LogP contribution in [-0.4, -0.2) is 61.3 Å². The molecule has 0 aliphatic carbocycles. The second kappa shape index (κ2) is 15.7. The summed E-state index contributed by atoms with van der Waals surface area (Å²) in [6, 6.07) is 24.4. The third-order valence-electron chi connectivity index (χ3n) is 8.98. The van der Waals surface area contributed by atoms with E-state index in [2.05, 4.69) is 16.0 Å². The van der Waals surface area contributed by atoms with Crippen molar-refractivity contribution in [1.29, 1.82) is 0 Å². The van der Waals surface area contributed by atoms with Crippen molar-refractivity contribution in [3.8, 4) is 0 Å². The molecule has 0 spiro atoms. The third-order valence-corrected chi connectivity index (χ3v) is 8.98. The first-order chi connectivity index (χ1) is 22.3. The van der Waals surface area contributed by atoms with Crippen LogP contribution in [0.15, 0.2) is 84.9 Å². The van der Waals surface area contributed by atoms with Crippen molar-refractivity contribution in [3.63, 3.8) is 0 Å². The molecule has 9 nitrogen and oxygen atoms in total. The van der Waals surface area contributed by atoms with Gasteiger partial charge in [-0.25, -0.2) is 4.79 Å². The number of esters is 1. The first-order valence-electron chi connectivity index (χ1n) is 16.2. The molecule has 250 valence electrons. The lowest BCUT2D eigenvalue weighted by Gasteiger charge is -2.32. The predicted molar refractivity (Wildman–Crippen MR) is 184 cm³/mol. The van der Waals surface area contributed by atoms with Crippen LogP contribution in [0, 0.1) is 5.92 Å². The highest BCUT2D eigenvalue weighted by Gasteiger charge is 2.51. The van der Waals surface area contributed by atoms with E-state index in [0.717, 1.165) is 22.2 Å². The summed E-state index contributed by atoms with van der Waals surface area (Å²) in [7, 11) is 0.843. The highest BCUT2D eigenvalue weighted by atomic mass is 16.7. The lowest BCUT2D eigenvalue weighted by atomic mass is 9.79. The van der Waals surface area contributed by atoms with Gasteiger partial charge in [-0.3, -0.25) is 9.59 Å². The Balaban J connectivity index is 1.44. The molecule has 0 saturated carbocycles. The number of ether oxygens (including phenoxy) is 1. The molecule has 0 radical (unpaired) electrons. The second-order valence-electron chi connectivity index (χ2n) is 13.5. The molecule has 47 heavy (non-hydrogen) atoms. The first-order valence-corrected chi connectivity index (χ1v) is 16.2. The van der Waals surface area contributed by atoms with Crippen LogP contribution < -0.4 is 21.4 Å². The van der Waals surface area contributed by atoms with Gasteiger partial charge in [0.25, 0.3) is 0 Å². The van der Waals surface area contributed by atoms with E-state index in [4.69, 9.17) is 14.0 Å². The predicted octanol–water partition coefficient (Wildman–Crippen LogP) is 3.73. The van der Waals surface area contributed by atoms with Gasteiger partial charge in [0.15, 0.2) is 0 Å². The second-order valence-corrected chi connectivity index (χ2v) is 13.5. The summed E-state index contributed by atoms with van der Waals surface area (Å²) in [6.07, 6.45) is 0.511. The minimum Gasteiger partial charge on any atom is -0.467 e. The van der Waals surface area contributed by atoms with Gasteiger partial charge < -0.3 is 30.0 Å². The summed E-state index contributed by atoms with van der Waals surface area (Å²) in [5.41, 5.74) is 2.82. The van der Waals surface area contributed by atoms with Crippen LogP contribution in [-0.2, 0) is 47.8 Å². The molecule has 3 atom stereocenters. The molecule has 3 aromatic carbocycles. The summed E-state index contributed by atoms with van der Waals surface area (Å²) in [6.45, 7) is 12.5. The Morgan fingerprint density at radius 3 is 1.68 bits per heavy atom. The Bertz CT molecular complexity index is 1460. The fourth-order valence-corrected chi connectivity index (χ4v) is 5.41. The molecule has 0 unspecified atom stereocenters. The molecule has 4 rings (SSSR count). The van der Waals surface area contributed by atoms with Gasteiger partial charge in [0.2, 0.25) is 11.8 Å². The van der Waals surface area contributed by atoms with E-state index in [1.807, 2.05) is 126 Å². The number of carbonyl (C=O) groups excluding carboxylic acids is 3. The zero-order valence-electron chi connectivity index (χ0n) is 28.5. The van der Waals surface area contributed by atoms with E-state index < -0.39 is 48.3 Å². The molecule has 1 heterocycles. The molecule has 0 bridgehead atoms. The quantitative estimate of drug-likeness (QED) is 0.182. The Hall–Kier alpha value is -3.99. The zero-order valence-corrected chi connectivity index (χ0v) is 28.5. The van der Waals surface area contributed by atoms with Gasteiger partial charge in [0, 0.05) is 19.4 Å². The van der Waals surface area contributed by atoms with E-state index in [-0.39, 0.29) is 24.7 Å². The molecule has 2 amide bonds. The van der Waals surface area contributed by atoms with Crippen LogP contribution in [0.2, 0.25) is 0 Å². The number of rotatable bonds is 14. The molecule has 3 aromatic rings. The SMILES string of the molecule is COC(=O)[C@H](Cc1ccccc1)NC(=O)[C@H](Cc1ccccc1)NC(=O)[C@@H](NCc1ccc(B2OC(C)(C)C(C)(C)O2)cc1)C(C)C. The molecule has 1 saturated heterocycles. The summed E-state index contributed by atoms with van der Waals surface area (Å²) in [4.78, 5) is 40.1. The highest BCUT2D eigenvalue weighted by molar-refractivity contribution is 6.62. The van der Waals surface area contributed by atoms with Crippen molar-refractivity contribution in [2.75, 3.05) is 7.11 Å². The number of carbonyl (C=O) groups is 3. The van der Waals surface area contributed by atoms with Gasteiger partial charge in [-0.2, -0.15) is 0 Å². The smallest absolute Gasteiger partial charge is 0.467 e. The summed E-state index contributed by atoms with van der Waals surface area (Å²) in [5, 5.41) is 9.19. The summed E-state index contributed by atoms with van der Waals surface area (Å²) < 4.78 is 17.3. The lowest BCUT2D eigenvalue weighted by molar-refractivity contribution is -0.145. The van der Waals surface area contributed by atoms with Gasteiger partial charge in [-0.05, 0) is 55.8 Å². The zero-order chi connectivity index (χ0) is 34.2. The number of benzene rings is 3. The van der Waals surface area contributed by atoms with Crippen molar-refractivity contribution in [2.45, 2.75) is 90.3 Å². The van der Waals surface area contributed by atoms with Gasteiger partial charge in [0.05, 0.1) is 24.4 Å². The molecule has 1 aliphatic rings.